The Morgan fingerprint density at radius 3 is 2.38 bits per heavy atom. The third-order valence-electron chi connectivity index (χ3n) is 5.33. The Morgan fingerprint density at radius 2 is 1.75 bits per heavy atom. The molecule has 174 valence electrons. The second-order valence-electron chi connectivity index (χ2n) is 8.03. The number of ether oxygens (including phenoxy) is 1. The molecule has 2 aromatic carbocycles. The Balaban J connectivity index is 2.04. The van der Waals surface area contributed by atoms with Gasteiger partial charge in [-0.15, -0.1) is 0 Å². The summed E-state index contributed by atoms with van der Waals surface area (Å²) in [6.45, 7) is 8.40. The monoisotopic (exact) mass is 478 g/mol. The maximum absolute atomic E-state index is 13.1. The summed E-state index contributed by atoms with van der Waals surface area (Å²) in [6.07, 6.45) is 1.63. The number of amides is 2. The molecule has 2 aromatic rings. The Hall–Kier alpha value is -2.24. The summed E-state index contributed by atoms with van der Waals surface area (Å²) in [4.78, 5) is 27.4. The first-order valence-corrected chi connectivity index (χ1v) is 11.7. The lowest BCUT2D eigenvalue weighted by Gasteiger charge is -2.30. The fourth-order valence-corrected chi connectivity index (χ4v) is 3.40. The first-order valence-electron chi connectivity index (χ1n) is 10.9. The van der Waals surface area contributed by atoms with Gasteiger partial charge in [0.1, 0.15) is 11.8 Å². The number of rotatable bonds is 11. The lowest BCUT2D eigenvalue weighted by molar-refractivity contribution is -0.141. The number of aryl methyl sites for hydroxylation is 1. The van der Waals surface area contributed by atoms with Gasteiger partial charge in [-0.3, -0.25) is 9.59 Å². The molecule has 0 unspecified atom stereocenters. The number of hydrogen-bond donors (Lipinski definition) is 1. The van der Waals surface area contributed by atoms with E-state index in [2.05, 4.69) is 5.32 Å². The molecule has 0 aliphatic heterocycles. The number of nitrogens with zero attached hydrogens (tertiary/aromatic N) is 1. The molecule has 0 saturated carbocycles. The smallest absolute Gasteiger partial charge is 0.242 e. The molecule has 32 heavy (non-hydrogen) atoms. The highest BCUT2D eigenvalue weighted by molar-refractivity contribution is 6.42. The summed E-state index contributed by atoms with van der Waals surface area (Å²) in [7, 11) is 0. The third kappa shape index (κ3) is 8.03. The number of halogens is 2. The minimum Gasteiger partial charge on any atom is -0.494 e. The molecule has 5 nitrogen and oxygen atoms in total. The van der Waals surface area contributed by atoms with E-state index in [1.807, 2.05) is 51.1 Å². The molecule has 0 radical (unpaired) electrons. The SMILES string of the molecule is CC[C@H](C)NC(=O)[C@@H](C)N(Cc1ccc(Cl)c(Cl)c1)C(=O)CCCOc1ccc(C)cc1. The standard InChI is InChI=1S/C25H32Cl2N2O3/c1-5-18(3)28-25(31)19(4)29(16-20-10-13-22(26)23(27)15-20)24(30)7-6-14-32-21-11-8-17(2)9-12-21/h8-13,15,18-19H,5-7,14,16H2,1-4H3,(H,28,31)/t18-,19+/m0/s1. The van der Waals surface area contributed by atoms with Crippen molar-refractivity contribution in [2.75, 3.05) is 6.61 Å². The van der Waals surface area contributed by atoms with Crippen LogP contribution in [0.2, 0.25) is 10.0 Å². The van der Waals surface area contributed by atoms with E-state index >= 15 is 0 Å². The molecule has 0 aromatic heterocycles. The van der Waals surface area contributed by atoms with Crippen LogP contribution in [0.4, 0.5) is 0 Å². The summed E-state index contributed by atoms with van der Waals surface area (Å²) in [5.41, 5.74) is 1.97. The summed E-state index contributed by atoms with van der Waals surface area (Å²) in [5, 5.41) is 3.82. The molecular formula is C25H32Cl2N2O3. The molecule has 2 atom stereocenters. The largest absolute Gasteiger partial charge is 0.494 e. The zero-order valence-electron chi connectivity index (χ0n) is 19.2. The fourth-order valence-electron chi connectivity index (χ4n) is 3.07. The van der Waals surface area contributed by atoms with Crippen molar-refractivity contribution < 1.29 is 14.3 Å². The third-order valence-corrected chi connectivity index (χ3v) is 6.07. The molecule has 1 N–H and O–H groups in total. The van der Waals surface area contributed by atoms with Crippen LogP contribution in [0.15, 0.2) is 42.5 Å². The number of carbonyl (C=O) groups is 2. The number of hydrogen-bond acceptors (Lipinski definition) is 3. The van der Waals surface area contributed by atoms with Gasteiger partial charge in [0.05, 0.1) is 16.7 Å². The average Bonchev–Trinajstić information content (AvgIpc) is 2.77. The van der Waals surface area contributed by atoms with Crippen molar-refractivity contribution >= 4 is 35.0 Å². The first kappa shape index (κ1) is 26.0. The Bertz CT molecular complexity index is 903. The van der Waals surface area contributed by atoms with E-state index in [-0.39, 0.29) is 30.8 Å². The Labute approximate surface area is 201 Å². The van der Waals surface area contributed by atoms with Crippen LogP contribution in [0.5, 0.6) is 5.75 Å². The molecule has 0 spiro atoms. The van der Waals surface area contributed by atoms with Gasteiger partial charge < -0.3 is 15.0 Å². The van der Waals surface area contributed by atoms with Gasteiger partial charge in [-0.2, -0.15) is 0 Å². The van der Waals surface area contributed by atoms with E-state index in [1.165, 1.54) is 0 Å². The van der Waals surface area contributed by atoms with Gasteiger partial charge in [-0.05, 0) is 63.4 Å². The molecule has 0 heterocycles. The average molecular weight is 479 g/mol. The van der Waals surface area contributed by atoms with Crippen molar-refractivity contribution in [1.82, 2.24) is 10.2 Å². The zero-order valence-corrected chi connectivity index (χ0v) is 20.7. The number of benzene rings is 2. The van der Waals surface area contributed by atoms with Crippen LogP contribution >= 0.6 is 23.2 Å². The second kappa shape index (κ2) is 12.7. The highest BCUT2D eigenvalue weighted by atomic mass is 35.5. The van der Waals surface area contributed by atoms with Gasteiger partial charge in [-0.25, -0.2) is 0 Å². The maximum Gasteiger partial charge on any atom is 0.242 e. The summed E-state index contributed by atoms with van der Waals surface area (Å²) >= 11 is 12.2. The van der Waals surface area contributed by atoms with E-state index in [4.69, 9.17) is 27.9 Å². The van der Waals surface area contributed by atoms with Crippen molar-refractivity contribution in [3.8, 4) is 5.75 Å². The van der Waals surface area contributed by atoms with E-state index in [0.29, 0.717) is 23.1 Å². The highest BCUT2D eigenvalue weighted by Crippen LogP contribution is 2.24. The van der Waals surface area contributed by atoms with Gasteiger partial charge in [0, 0.05) is 19.0 Å². The molecule has 7 heteroatoms. The Kier molecular flexibility index (Phi) is 10.3. The minimum atomic E-state index is -0.621. The number of nitrogens with one attached hydrogen (secondary N) is 1. The van der Waals surface area contributed by atoms with Crippen LogP contribution in [0.3, 0.4) is 0 Å². The maximum atomic E-state index is 13.1. The normalized spacial score (nSPS) is 12.7. The summed E-state index contributed by atoms with van der Waals surface area (Å²) in [6, 6.07) is 12.4. The van der Waals surface area contributed by atoms with Crippen molar-refractivity contribution in [1.29, 1.82) is 0 Å². The summed E-state index contributed by atoms with van der Waals surface area (Å²) in [5.74, 6) is 0.482. The van der Waals surface area contributed by atoms with Gasteiger partial charge in [0.15, 0.2) is 0 Å². The van der Waals surface area contributed by atoms with Crippen molar-refractivity contribution in [3.63, 3.8) is 0 Å². The highest BCUT2D eigenvalue weighted by Gasteiger charge is 2.26. The first-order chi connectivity index (χ1) is 15.2. The molecule has 0 aliphatic carbocycles. The molecule has 0 bridgehead atoms. The lowest BCUT2D eigenvalue weighted by atomic mass is 10.1. The zero-order chi connectivity index (χ0) is 23.7. The second-order valence-corrected chi connectivity index (χ2v) is 8.84. The van der Waals surface area contributed by atoms with E-state index in [1.54, 1.807) is 24.0 Å². The van der Waals surface area contributed by atoms with Gasteiger partial charge >= 0.3 is 0 Å². The van der Waals surface area contributed by atoms with Crippen LogP contribution < -0.4 is 10.1 Å². The van der Waals surface area contributed by atoms with Crippen LogP contribution in [0.1, 0.15) is 51.2 Å². The van der Waals surface area contributed by atoms with Crippen LogP contribution in [0, 0.1) is 6.92 Å². The van der Waals surface area contributed by atoms with E-state index in [0.717, 1.165) is 23.3 Å². The van der Waals surface area contributed by atoms with Crippen molar-refractivity contribution in [3.05, 3.63) is 63.6 Å². The fraction of sp³-hybridized carbons (Fsp3) is 0.440. The quantitative estimate of drug-likeness (QED) is 0.415. The van der Waals surface area contributed by atoms with E-state index in [9.17, 15) is 9.59 Å². The molecular weight excluding hydrogens is 447 g/mol. The van der Waals surface area contributed by atoms with E-state index < -0.39 is 6.04 Å². The molecule has 0 saturated heterocycles. The molecule has 2 amide bonds. The van der Waals surface area contributed by atoms with Crippen LogP contribution in [0.25, 0.3) is 0 Å². The predicted octanol–water partition coefficient (Wildman–Crippen LogP) is 5.79. The number of carbonyl (C=O) groups excluding carboxylic acids is 2. The molecule has 0 fully saturated rings. The van der Waals surface area contributed by atoms with Crippen molar-refractivity contribution in [2.45, 2.75) is 65.6 Å². The molecule has 2 rings (SSSR count). The van der Waals surface area contributed by atoms with Gasteiger partial charge in [-0.1, -0.05) is 53.9 Å². The Morgan fingerprint density at radius 1 is 1.06 bits per heavy atom. The minimum absolute atomic E-state index is 0.0368. The molecule has 0 aliphatic rings. The van der Waals surface area contributed by atoms with Crippen LogP contribution in [-0.4, -0.2) is 35.4 Å². The topological polar surface area (TPSA) is 58.6 Å². The lowest BCUT2D eigenvalue weighted by Crippen LogP contribution is -2.49. The predicted molar refractivity (Wildman–Crippen MR) is 130 cm³/mol. The van der Waals surface area contributed by atoms with Crippen LogP contribution in [-0.2, 0) is 16.1 Å². The van der Waals surface area contributed by atoms with Crippen molar-refractivity contribution in [2.24, 2.45) is 0 Å². The van der Waals surface area contributed by atoms with Gasteiger partial charge in [0.25, 0.3) is 0 Å². The van der Waals surface area contributed by atoms with Gasteiger partial charge in [0.2, 0.25) is 11.8 Å². The summed E-state index contributed by atoms with van der Waals surface area (Å²) < 4.78 is 5.73.